The van der Waals surface area contributed by atoms with Gasteiger partial charge in [-0.05, 0) is 37.3 Å². The van der Waals surface area contributed by atoms with E-state index in [-0.39, 0.29) is 33.0 Å². The number of hydrogen-bond acceptors (Lipinski definition) is 7. The van der Waals surface area contributed by atoms with Gasteiger partial charge in [-0.3, -0.25) is 10.1 Å². The number of anilines is 1. The van der Waals surface area contributed by atoms with E-state index < -0.39 is 14.9 Å². The van der Waals surface area contributed by atoms with Crippen LogP contribution in [0.25, 0.3) is 10.9 Å². The van der Waals surface area contributed by atoms with E-state index in [2.05, 4.69) is 15.5 Å². The zero-order valence-corrected chi connectivity index (χ0v) is 17.1. The monoisotopic (exact) mass is 448 g/mol. The molecule has 0 unspecified atom stereocenters. The zero-order valence-electron chi connectivity index (χ0n) is 15.5. The first-order valence-electron chi connectivity index (χ1n) is 8.47. The van der Waals surface area contributed by atoms with Gasteiger partial charge in [0.1, 0.15) is 4.90 Å². The van der Waals surface area contributed by atoms with Crippen LogP contribution < -0.4 is 10.5 Å². The third-order valence-corrected chi connectivity index (χ3v) is 5.35. The number of nitrogens with zero attached hydrogens (tertiary/aromatic N) is 4. The van der Waals surface area contributed by atoms with Crippen molar-refractivity contribution in [3.05, 3.63) is 52.6 Å². The number of fused-ring (bicyclic) bond motifs is 1. The SMILES string of the molecule is CCn1c(O)c(N=NC(=S)Nc2ccccc2S(N)(=O)=O)c2cc([N+](=O)[O-])ccc21. The Morgan fingerprint density at radius 2 is 2.03 bits per heavy atom. The second-order valence-electron chi connectivity index (χ2n) is 6.05. The Kier molecular flexibility index (Phi) is 5.78. The number of benzene rings is 2. The normalized spacial score (nSPS) is 11.8. The van der Waals surface area contributed by atoms with Gasteiger partial charge in [0.05, 0.1) is 16.1 Å². The topological polar surface area (TPSA) is 165 Å². The lowest BCUT2D eigenvalue weighted by Crippen LogP contribution is -2.16. The number of aromatic nitrogens is 1. The molecular formula is C17H16N6O5S2. The van der Waals surface area contributed by atoms with E-state index >= 15 is 0 Å². The summed E-state index contributed by atoms with van der Waals surface area (Å²) < 4.78 is 24.9. The van der Waals surface area contributed by atoms with Gasteiger partial charge in [-0.2, -0.15) is 0 Å². The van der Waals surface area contributed by atoms with E-state index in [1.54, 1.807) is 13.0 Å². The summed E-state index contributed by atoms with van der Waals surface area (Å²) >= 11 is 5.08. The number of nitrogens with one attached hydrogen (secondary N) is 1. The molecule has 0 fully saturated rings. The molecule has 0 amide bonds. The van der Waals surface area contributed by atoms with Crippen molar-refractivity contribution in [3.8, 4) is 5.88 Å². The highest BCUT2D eigenvalue weighted by atomic mass is 32.2. The number of azo groups is 1. The maximum absolute atomic E-state index is 11.7. The number of nitro benzene ring substituents is 1. The van der Waals surface area contributed by atoms with Crippen LogP contribution in [0.4, 0.5) is 17.1 Å². The molecule has 4 N–H and O–H groups in total. The summed E-state index contributed by atoms with van der Waals surface area (Å²) in [4.78, 5) is 10.4. The third-order valence-electron chi connectivity index (χ3n) is 4.20. The van der Waals surface area contributed by atoms with Crippen LogP contribution in [0.1, 0.15) is 6.92 Å². The van der Waals surface area contributed by atoms with Gasteiger partial charge in [-0.25, -0.2) is 13.6 Å². The van der Waals surface area contributed by atoms with Crippen LogP contribution >= 0.6 is 12.2 Å². The molecule has 0 aliphatic rings. The standard InChI is InChI=1S/C17H16N6O5S2/c1-2-22-13-8-7-10(23(25)26)9-11(13)15(16(22)24)20-21-17(29)19-12-5-3-4-6-14(12)30(18,27)28/h3-9,24H,2H2,1H3,(H,19,29)(H2,18,27,28). The van der Waals surface area contributed by atoms with Crippen LogP contribution in [-0.4, -0.2) is 28.1 Å². The predicted molar refractivity (Wildman–Crippen MR) is 114 cm³/mol. The molecule has 0 spiro atoms. The lowest BCUT2D eigenvalue weighted by molar-refractivity contribution is -0.384. The number of primary sulfonamides is 1. The molecule has 0 saturated carbocycles. The van der Waals surface area contributed by atoms with Gasteiger partial charge >= 0.3 is 0 Å². The molecule has 0 aliphatic carbocycles. The van der Waals surface area contributed by atoms with Crippen LogP contribution in [0.2, 0.25) is 0 Å². The largest absolute Gasteiger partial charge is 0.493 e. The summed E-state index contributed by atoms with van der Waals surface area (Å²) in [6.07, 6.45) is 0. The number of hydrogen-bond donors (Lipinski definition) is 3. The molecule has 1 aromatic heterocycles. The van der Waals surface area contributed by atoms with Gasteiger partial charge in [0.2, 0.25) is 21.0 Å². The van der Waals surface area contributed by atoms with Crippen LogP contribution in [0.15, 0.2) is 57.6 Å². The molecule has 13 heteroatoms. The highest BCUT2D eigenvalue weighted by molar-refractivity contribution is 7.89. The minimum atomic E-state index is -4.00. The van der Waals surface area contributed by atoms with Crippen molar-refractivity contribution >= 4 is 55.3 Å². The summed E-state index contributed by atoms with van der Waals surface area (Å²) in [5.41, 5.74) is 0.474. The van der Waals surface area contributed by atoms with Gasteiger partial charge in [-0.15, -0.1) is 10.2 Å². The minimum Gasteiger partial charge on any atom is -0.493 e. The number of para-hydroxylation sites is 1. The number of thiocarbonyl (C=S) groups is 1. The first kappa shape index (κ1) is 21.3. The molecule has 0 atom stereocenters. The van der Waals surface area contributed by atoms with Gasteiger partial charge in [0.25, 0.3) is 5.69 Å². The Morgan fingerprint density at radius 1 is 1.33 bits per heavy atom. The number of non-ortho nitro benzene ring substituents is 1. The fraction of sp³-hybridized carbons (Fsp3) is 0.118. The Hall–Kier alpha value is -3.42. The van der Waals surface area contributed by atoms with Crippen molar-refractivity contribution in [1.29, 1.82) is 0 Å². The molecule has 30 heavy (non-hydrogen) atoms. The molecule has 0 radical (unpaired) electrons. The van der Waals surface area contributed by atoms with E-state index in [4.69, 9.17) is 17.4 Å². The second-order valence-corrected chi connectivity index (χ2v) is 7.96. The quantitative estimate of drug-likeness (QED) is 0.233. The average Bonchev–Trinajstić information content (AvgIpc) is 2.95. The Bertz CT molecular complexity index is 1300. The molecule has 0 aliphatic heterocycles. The van der Waals surface area contributed by atoms with Crippen molar-refractivity contribution in [2.45, 2.75) is 18.4 Å². The highest BCUT2D eigenvalue weighted by Crippen LogP contribution is 2.40. The molecule has 156 valence electrons. The molecular weight excluding hydrogens is 432 g/mol. The third kappa shape index (κ3) is 4.12. The van der Waals surface area contributed by atoms with Gasteiger partial charge in [0.15, 0.2) is 5.69 Å². The molecule has 1 heterocycles. The Balaban J connectivity index is 1.98. The van der Waals surface area contributed by atoms with E-state index in [9.17, 15) is 23.6 Å². The van der Waals surface area contributed by atoms with Crippen LogP contribution in [0.5, 0.6) is 5.88 Å². The fourth-order valence-corrected chi connectivity index (χ4v) is 3.74. The van der Waals surface area contributed by atoms with Gasteiger partial charge in [-0.1, -0.05) is 12.1 Å². The van der Waals surface area contributed by atoms with Gasteiger partial charge in [0, 0.05) is 24.1 Å². The van der Waals surface area contributed by atoms with E-state index in [0.29, 0.717) is 17.4 Å². The summed E-state index contributed by atoms with van der Waals surface area (Å²) in [7, 11) is -4.00. The number of nitro groups is 1. The zero-order chi connectivity index (χ0) is 22.1. The smallest absolute Gasteiger partial charge is 0.270 e. The lowest BCUT2D eigenvalue weighted by Gasteiger charge is -2.08. The second kappa shape index (κ2) is 8.14. The first-order chi connectivity index (χ1) is 14.1. The van der Waals surface area contributed by atoms with Crippen molar-refractivity contribution in [2.75, 3.05) is 5.32 Å². The summed E-state index contributed by atoms with van der Waals surface area (Å²) in [6, 6.07) is 9.95. The number of nitrogens with two attached hydrogens (primary N) is 1. The lowest BCUT2D eigenvalue weighted by atomic mass is 10.2. The molecule has 3 rings (SSSR count). The van der Waals surface area contributed by atoms with E-state index in [1.165, 1.54) is 41.0 Å². The van der Waals surface area contributed by atoms with Crippen molar-refractivity contribution in [2.24, 2.45) is 15.4 Å². The summed E-state index contributed by atoms with van der Waals surface area (Å²) in [6.45, 7) is 2.18. The minimum absolute atomic E-state index is 0.000526. The molecule has 0 saturated heterocycles. The van der Waals surface area contributed by atoms with Crippen molar-refractivity contribution in [3.63, 3.8) is 0 Å². The number of rotatable bonds is 5. The van der Waals surface area contributed by atoms with E-state index in [0.717, 1.165) is 0 Å². The van der Waals surface area contributed by atoms with Crippen molar-refractivity contribution < 1.29 is 18.4 Å². The number of aryl methyl sites for hydroxylation is 1. The molecule has 11 nitrogen and oxygen atoms in total. The fourth-order valence-electron chi connectivity index (χ4n) is 2.90. The van der Waals surface area contributed by atoms with E-state index in [1.807, 2.05) is 0 Å². The first-order valence-corrected chi connectivity index (χ1v) is 10.4. The average molecular weight is 448 g/mol. The Morgan fingerprint density at radius 3 is 2.67 bits per heavy atom. The van der Waals surface area contributed by atoms with Crippen molar-refractivity contribution in [1.82, 2.24) is 4.57 Å². The van der Waals surface area contributed by atoms with Crippen LogP contribution in [0.3, 0.4) is 0 Å². The molecule has 0 bridgehead atoms. The van der Waals surface area contributed by atoms with Crippen LogP contribution in [-0.2, 0) is 16.6 Å². The maximum atomic E-state index is 11.7. The molecule has 2 aromatic carbocycles. The number of sulfonamides is 1. The van der Waals surface area contributed by atoms with Crippen LogP contribution in [0, 0.1) is 10.1 Å². The highest BCUT2D eigenvalue weighted by Gasteiger charge is 2.19. The maximum Gasteiger partial charge on any atom is 0.270 e. The summed E-state index contributed by atoms with van der Waals surface area (Å²) in [5.74, 6) is -0.232. The molecule has 3 aromatic rings. The van der Waals surface area contributed by atoms with Gasteiger partial charge < -0.3 is 15.0 Å². The Labute approximate surface area is 176 Å². The predicted octanol–water partition coefficient (Wildman–Crippen LogP) is 3.40. The summed E-state index contributed by atoms with van der Waals surface area (Å²) in [5, 5.41) is 37.2. The number of aromatic hydroxyl groups is 1.